The summed E-state index contributed by atoms with van der Waals surface area (Å²) >= 11 is 0. The number of esters is 1. The van der Waals surface area contributed by atoms with E-state index < -0.39 is 0 Å². The predicted molar refractivity (Wildman–Crippen MR) is 67.7 cm³/mol. The maximum absolute atomic E-state index is 11.7. The molecule has 3 nitrogen and oxygen atoms in total. The second-order valence-corrected chi connectivity index (χ2v) is 6.79. The summed E-state index contributed by atoms with van der Waals surface area (Å²) in [6.07, 6.45) is 3.21. The van der Waals surface area contributed by atoms with Gasteiger partial charge in [-0.1, -0.05) is 26.0 Å². The van der Waals surface area contributed by atoms with Gasteiger partial charge >= 0.3 is 5.97 Å². The van der Waals surface area contributed by atoms with Crippen molar-refractivity contribution in [3.63, 3.8) is 0 Å². The van der Waals surface area contributed by atoms with Gasteiger partial charge in [0.1, 0.15) is 6.10 Å². The Morgan fingerprint density at radius 1 is 1.44 bits per heavy atom. The number of carbonyl (C=O) groups is 1. The van der Waals surface area contributed by atoms with Gasteiger partial charge in [0, 0.05) is 5.92 Å². The zero-order chi connectivity index (χ0) is 13.1. The molecule has 18 heavy (non-hydrogen) atoms. The first-order valence-electron chi connectivity index (χ1n) is 6.97. The highest BCUT2D eigenvalue weighted by Gasteiger charge is 2.54. The molecule has 0 amide bonds. The lowest BCUT2D eigenvalue weighted by Crippen LogP contribution is -2.47. The number of carbonyl (C=O) groups excluding carboxylic acids is 1. The van der Waals surface area contributed by atoms with Crippen molar-refractivity contribution in [3.05, 3.63) is 12.2 Å². The van der Waals surface area contributed by atoms with E-state index in [1.54, 1.807) is 0 Å². The number of rotatable bonds is 0. The van der Waals surface area contributed by atoms with E-state index in [1.807, 2.05) is 6.92 Å². The molecule has 1 saturated heterocycles. The van der Waals surface area contributed by atoms with Crippen molar-refractivity contribution in [2.45, 2.75) is 51.7 Å². The number of aliphatic hydroxyl groups excluding tert-OH is 1. The number of ether oxygens (including phenoxy) is 1. The van der Waals surface area contributed by atoms with E-state index >= 15 is 0 Å². The van der Waals surface area contributed by atoms with E-state index in [2.05, 4.69) is 13.5 Å². The van der Waals surface area contributed by atoms with E-state index in [1.165, 1.54) is 5.57 Å². The Labute approximate surface area is 108 Å². The minimum atomic E-state index is -0.273. The van der Waals surface area contributed by atoms with Crippen molar-refractivity contribution in [3.8, 4) is 0 Å². The summed E-state index contributed by atoms with van der Waals surface area (Å²) in [4.78, 5) is 11.7. The number of aliphatic hydroxyl groups is 1. The van der Waals surface area contributed by atoms with Crippen molar-refractivity contribution in [2.75, 3.05) is 0 Å². The highest BCUT2D eigenvalue weighted by molar-refractivity contribution is 5.75. The van der Waals surface area contributed by atoms with Crippen molar-refractivity contribution in [2.24, 2.45) is 23.2 Å². The molecule has 0 aromatic heterocycles. The Kier molecular flexibility index (Phi) is 2.60. The van der Waals surface area contributed by atoms with Crippen LogP contribution in [0.3, 0.4) is 0 Å². The summed E-state index contributed by atoms with van der Waals surface area (Å²) < 4.78 is 5.51. The molecule has 3 rings (SSSR count). The third-order valence-corrected chi connectivity index (χ3v) is 5.47. The van der Waals surface area contributed by atoms with Crippen LogP contribution in [0.25, 0.3) is 0 Å². The molecule has 1 heterocycles. The molecule has 1 N–H and O–H groups in total. The quantitative estimate of drug-likeness (QED) is 0.530. The fourth-order valence-electron chi connectivity index (χ4n) is 4.49. The molecule has 0 bridgehead atoms. The summed E-state index contributed by atoms with van der Waals surface area (Å²) in [5.74, 6) is 0.777. The zero-order valence-corrected chi connectivity index (χ0v) is 11.2. The van der Waals surface area contributed by atoms with Crippen LogP contribution in [0.1, 0.15) is 39.5 Å². The van der Waals surface area contributed by atoms with Crippen molar-refractivity contribution >= 4 is 5.97 Å². The fraction of sp³-hybridized carbons (Fsp3) is 0.800. The first-order chi connectivity index (χ1) is 8.40. The summed E-state index contributed by atoms with van der Waals surface area (Å²) in [6, 6.07) is 0. The number of hydrogen-bond acceptors (Lipinski definition) is 3. The van der Waals surface area contributed by atoms with Crippen LogP contribution >= 0.6 is 0 Å². The molecule has 0 aromatic carbocycles. The van der Waals surface area contributed by atoms with Crippen LogP contribution in [-0.4, -0.2) is 23.3 Å². The molecule has 1 aliphatic heterocycles. The van der Waals surface area contributed by atoms with Crippen LogP contribution < -0.4 is 0 Å². The molecule has 0 spiro atoms. The molecule has 3 fully saturated rings. The van der Waals surface area contributed by atoms with Crippen molar-refractivity contribution < 1.29 is 14.6 Å². The average Bonchev–Trinajstić information content (AvgIpc) is 2.50. The Bertz CT molecular complexity index is 403. The Morgan fingerprint density at radius 3 is 2.89 bits per heavy atom. The molecule has 6 atom stereocenters. The van der Waals surface area contributed by atoms with Crippen molar-refractivity contribution in [1.29, 1.82) is 0 Å². The molecule has 2 saturated carbocycles. The Morgan fingerprint density at radius 2 is 2.17 bits per heavy atom. The predicted octanol–water partition coefficient (Wildman–Crippen LogP) is 2.29. The average molecular weight is 250 g/mol. The smallest absolute Gasteiger partial charge is 0.309 e. The normalized spacial score (nSPS) is 51.6. The van der Waals surface area contributed by atoms with Crippen LogP contribution in [0.15, 0.2) is 12.2 Å². The lowest BCUT2D eigenvalue weighted by atomic mass is 9.55. The topological polar surface area (TPSA) is 46.5 Å². The molecule has 0 radical (unpaired) electrons. The summed E-state index contributed by atoms with van der Waals surface area (Å²) in [7, 11) is 0. The molecule has 0 aromatic rings. The molecule has 3 aliphatic rings. The van der Waals surface area contributed by atoms with Crippen LogP contribution in [-0.2, 0) is 9.53 Å². The molecular weight excluding hydrogens is 228 g/mol. The standard InChI is InChI=1S/C15H22O3/c1-8-4-10(16)6-15(3)7-13-11(5-12(8)15)9(2)14(17)18-13/h9-13,16H,1,4-7H2,2-3H3/t9-,10-,11+,12-,13+,15+/m1/s1. The molecule has 3 heteroatoms. The molecular formula is C15H22O3. The van der Waals surface area contributed by atoms with Gasteiger partial charge in [-0.3, -0.25) is 4.79 Å². The minimum absolute atomic E-state index is 0.0270. The maximum atomic E-state index is 11.7. The third kappa shape index (κ3) is 1.63. The van der Waals surface area contributed by atoms with E-state index in [9.17, 15) is 9.90 Å². The van der Waals surface area contributed by atoms with Crippen LogP contribution in [0.5, 0.6) is 0 Å². The summed E-state index contributed by atoms with van der Waals surface area (Å²) in [5, 5.41) is 9.96. The monoisotopic (exact) mass is 250 g/mol. The van der Waals surface area contributed by atoms with Gasteiger partial charge in [0.2, 0.25) is 0 Å². The second kappa shape index (κ2) is 3.83. The van der Waals surface area contributed by atoms with Gasteiger partial charge in [-0.2, -0.15) is 0 Å². The van der Waals surface area contributed by atoms with E-state index in [4.69, 9.17) is 4.74 Å². The fourth-order valence-corrected chi connectivity index (χ4v) is 4.49. The lowest BCUT2D eigenvalue weighted by Gasteiger charge is -2.51. The van der Waals surface area contributed by atoms with E-state index in [-0.39, 0.29) is 29.5 Å². The van der Waals surface area contributed by atoms with Gasteiger partial charge in [0.05, 0.1) is 12.0 Å². The van der Waals surface area contributed by atoms with Crippen LogP contribution in [0.2, 0.25) is 0 Å². The van der Waals surface area contributed by atoms with Gasteiger partial charge < -0.3 is 9.84 Å². The van der Waals surface area contributed by atoms with Gasteiger partial charge in [-0.05, 0) is 37.0 Å². The largest absolute Gasteiger partial charge is 0.462 e. The Balaban J connectivity index is 1.89. The number of fused-ring (bicyclic) bond motifs is 2. The second-order valence-electron chi connectivity index (χ2n) is 6.79. The molecule has 0 unspecified atom stereocenters. The highest BCUT2D eigenvalue weighted by Crippen LogP contribution is 2.56. The maximum Gasteiger partial charge on any atom is 0.309 e. The number of hydrogen-bond donors (Lipinski definition) is 1. The lowest BCUT2D eigenvalue weighted by molar-refractivity contribution is -0.146. The van der Waals surface area contributed by atoms with Gasteiger partial charge in [-0.25, -0.2) is 0 Å². The van der Waals surface area contributed by atoms with Crippen molar-refractivity contribution in [1.82, 2.24) is 0 Å². The van der Waals surface area contributed by atoms with Gasteiger partial charge in [-0.15, -0.1) is 0 Å². The highest BCUT2D eigenvalue weighted by atomic mass is 16.6. The SMILES string of the molecule is C=C1C[C@@H](O)C[C@@]2(C)C[C@@H]3OC(=O)[C@H](C)[C@@H]3C[C@H]12. The van der Waals surface area contributed by atoms with Crippen LogP contribution in [0, 0.1) is 23.2 Å². The first kappa shape index (κ1) is 12.2. The van der Waals surface area contributed by atoms with Gasteiger partial charge in [0.25, 0.3) is 0 Å². The first-order valence-corrected chi connectivity index (χ1v) is 6.97. The summed E-state index contributed by atoms with van der Waals surface area (Å²) in [6.45, 7) is 8.37. The van der Waals surface area contributed by atoms with Gasteiger partial charge in [0.15, 0.2) is 0 Å². The zero-order valence-electron chi connectivity index (χ0n) is 11.2. The third-order valence-electron chi connectivity index (χ3n) is 5.47. The van der Waals surface area contributed by atoms with E-state index in [0.717, 1.165) is 25.7 Å². The molecule has 2 aliphatic carbocycles. The van der Waals surface area contributed by atoms with E-state index in [0.29, 0.717) is 11.8 Å². The molecule has 100 valence electrons. The summed E-state index contributed by atoms with van der Waals surface area (Å²) in [5.41, 5.74) is 1.22. The Hall–Kier alpha value is -0.830. The van der Waals surface area contributed by atoms with Crippen LogP contribution in [0.4, 0.5) is 0 Å². The minimum Gasteiger partial charge on any atom is -0.462 e.